The molecular formula is C13H21NO3S. The van der Waals surface area contributed by atoms with Crippen molar-refractivity contribution in [1.29, 1.82) is 0 Å². The summed E-state index contributed by atoms with van der Waals surface area (Å²) < 4.78 is 10.8. The average Bonchev–Trinajstić information content (AvgIpc) is 2.78. The van der Waals surface area contributed by atoms with Crippen LogP contribution in [0.15, 0.2) is 5.38 Å². The van der Waals surface area contributed by atoms with Crippen LogP contribution in [0.5, 0.6) is 0 Å². The molecule has 2 heterocycles. The van der Waals surface area contributed by atoms with Gasteiger partial charge in [-0.25, -0.2) is 4.98 Å². The Labute approximate surface area is 112 Å². The van der Waals surface area contributed by atoms with E-state index in [1.54, 1.807) is 11.3 Å². The molecule has 2 unspecified atom stereocenters. The molecule has 1 saturated heterocycles. The summed E-state index contributed by atoms with van der Waals surface area (Å²) in [5.41, 5.74) is 1.14. The Morgan fingerprint density at radius 1 is 1.50 bits per heavy atom. The first-order valence-corrected chi connectivity index (χ1v) is 7.17. The smallest absolute Gasteiger partial charge is 0.107 e. The molecule has 1 aliphatic heterocycles. The van der Waals surface area contributed by atoms with Gasteiger partial charge < -0.3 is 14.6 Å². The first kappa shape index (κ1) is 13.9. The Balaban J connectivity index is 1.94. The number of hydrogen-bond acceptors (Lipinski definition) is 5. The number of aliphatic hydroxyl groups is 1. The molecule has 4 nitrogen and oxygen atoms in total. The van der Waals surface area contributed by atoms with Crippen LogP contribution in [0.2, 0.25) is 0 Å². The third-order valence-corrected chi connectivity index (χ3v) is 3.85. The minimum absolute atomic E-state index is 0.0597. The van der Waals surface area contributed by atoms with Crippen molar-refractivity contribution in [2.45, 2.75) is 44.8 Å². The van der Waals surface area contributed by atoms with Crippen molar-refractivity contribution in [3.63, 3.8) is 0 Å². The Morgan fingerprint density at radius 3 is 2.83 bits per heavy atom. The van der Waals surface area contributed by atoms with Crippen LogP contribution in [0.3, 0.4) is 0 Å². The van der Waals surface area contributed by atoms with Crippen molar-refractivity contribution in [3.8, 4) is 0 Å². The summed E-state index contributed by atoms with van der Waals surface area (Å²) in [4.78, 5) is 4.58. The molecule has 1 fully saturated rings. The lowest BCUT2D eigenvalue weighted by Crippen LogP contribution is -2.39. The zero-order chi connectivity index (χ0) is 13.2. The van der Waals surface area contributed by atoms with Crippen LogP contribution in [-0.2, 0) is 21.3 Å². The molecule has 0 aliphatic carbocycles. The second kappa shape index (κ2) is 5.65. The zero-order valence-electron chi connectivity index (χ0n) is 11.2. The molecule has 102 valence electrons. The van der Waals surface area contributed by atoms with Gasteiger partial charge in [0, 0.05) is 17.2 Å². The number of nitrogens with zero attached hydrogens (tertiary/aromatic N) is 1. The lowest BCUT2D eigenvalue weighted by molar-refractivity contribution is -0.131. The maximum atomic E-state index is 10.1. The van der Waals surface area contributed by atoms with E-state index in [9.17, 15) is 5.11 Å². The molecule has 1 aliphatic rings. The molecule has 1 N–H and O–H groups in total. The average molecular weight is 271 g/mol. The topological polar surface area (TPSA) is 51.6 Å². The third-order valence-electron chi connectivity index (χ3n) is 2.97. The highest BCUT2D eigenvalue weighted by molar-refractivity contribution is 7.09. The van der Waals surface area contributed by atoms with Gasteiger partial charge in [0.05, 0.1) is 36.6 Å². The minimum Gasteiger partial charge on any atom is -0.390 e. The molecule has 1 aromatic heterocycles. The van der Waals surface area contributed by atoms with Crippen LogP contribution in [-0.4, -0.2) is 42.1 Å². The van der Waals surface area contributed by atoms with Gasteiger partial charge in [0.2, 0.25) is 0 Å². The normalized spacial score (nSPS) is 23.0. The zero-order valence-corrected chi connectivity index (χ0v) is 12.0. The lowest BCUT2D eigenvalue weighted by atomic mass is 9.93. The predicted octanol–water partition coefficient (Wildman–Crippen LogP) is 1.76. The molecule has 0 bridgehead atoms. The summed E-state index contributed by atoms with van der Waals surface area (Å²) in [6.45, 7) is 8.07. The second-order valence-electron chi connectivity index (χ2n) is 5.63. The van der Waals surface area contributed by atoms with Crippen LogP contribution >= 0.6 is 11.3 Å². The van der Waals surface area contributed by atoms with Crippen molar-refractivity contribution in [2.75, 3.05) is 19.8 Å². The molecule has 0 amide bonds. The molecule has 0 radical (unpaired) electrons. The van der Waals surface area contributed by atoms with Crippen LogP contribution in [0, 0.1) is 0 Å². The Kier molecular flexibility index (Phi) is 4.37. The number of thiazole rings is 1. The van der Waals surface area contributed by atoms with Gasteiger partial charge in [-0.15, -0.1) is 11.3 Å². The highest BCUT2D eigenvalue weighted by Gasteiger charge is 2.25. The van der Waals surface area contributed by atoms with E-state index in [1.165, 1.54) is 0 Å². The van der Waals surface area contributed by atoms with Crippen molar-refractivity contribution in [3.05, 3.63) is 16.1 Å². The summed E-state index contributed by atoms with van der Waals surface area (Å²) in [5, 5.41) is 13.1. The van der Waals surface area contributed by atoms with Crippen LogP contribution < -0.4 is 0 Å². The molecular weight excluding hydrogens is 250 g/mol. The Hall–Kier alpha value is -0.490. The van der Waals surface area contributed by atoms with Gasteiger partial charge in [0.1, 0.15) is 6.10 Å². The number of aromatic nitrogens is 1. The van der Waals surface area contributed by atoms with Gasteiger partial charge in [-0.1, -0.05) is 20.8 Å². The maximum Gasteiger partial charge on any atom is 0.107 e. The van der Waals surface area contributed by atoms with E-state index >= 15 is 0 Å². The lowest BCUT2D eigenvalue weighted by Gasteiger charge is -2.26. The van der Waals surface area contributed by atoms with Gasteiger partial charge >= 0.3 is 0 Å². The number of aliphatic hydroxyl groups excluding tert-OH is 1. The van der Waals surface area contributed by atoms with E-state index < -0.39 is 6.10 Å². The van der Waals surface area contributed by atoms with Crippen LogP contribution in [0.1, 0.15) is 31.5 Å². The van der Waals surface area contributed by atoms with Crippen LogP contribution in [0.4, 0.5) is 0 Å². The second-order valence-corrected chi connectivity index (χ2v) is 6.57. The van der Waals surface area contributed by atoms with Crippen LogP contribution in [0.25, 0.3) is 0 Å². The van der Waals surface area contributed by atoms with Gasteiger partial charge in [0.25, 0.3) is 0 Å². The summed E-state index contributed by atoms with van der Waals surface area (Å²) in [7, 11) is 0. The highest BCUT2D eigenvalue weighted by atomic mass is 32.1. The van der Waals surface area contributed by atoms with E-state index in [2.05, 4.69) is 31.1 Å². The highest BCUT2D eigenvalue weighted by Crippen LogP contribution is 2.25. The fourth-order valence-corrected chi connectivity index (χ4v) is 2.86. The minimum atomic E-state index is -0.538. The van der Waals surface area contributed by atoms with Crippen molar-refractivity contribution < 1.29 is 14.6 Å². The fourth-order valence-electron chi connectivity index (χ4n) is 1.79. The maximum absolute atomic E-state index is 10.1. The molecule has 0 spiro atoms. The molecule has 0 aromatic carbocycles. The van der Waals surface area contributed by atoms with Gasteiger partial charge in [0.15, 0.2) is 0 Å². The summed E-state index contributed by atoms with van der Waals surface area (Å²) in [6, 6.07) is 0. The first-order chi connectivity index (χ1) is 8.47. The van der Waals surface area contributed by atoms with Crippen molar-refractivity contribution >= 4 is 11.3 Å². The van der Waals surface area contributed by atoms with Gasteiger partial charge in [-0.05, 0) is 0 Å². The summed E-state index contributed by atoms with van der Waals surface area (Å²) in [5.74, 6) is 0. The molecule has 1 aromatic rings. The monoisotopic (exact) mass is 271 g/mol. The Bertz CT molecular complexity index is 380. The molecule has 2 rings (SSSR count). The SMILES string of the molecule is CC(C)(C)c1csc(CC(O)C2COCCO2)n1. The van der Waals surface area contributed by atoms with E-state index in [4.69, 9.17) is 9.47 Å². The molecule has 0 saturated carbocycles. The number of hydrogen-bond donors (Lipinski definition) is 1. The number of rotatable bonds is 3. The molecule has 2 atom stereocenters. The van der Waals surface area contributed by atoms with Crippen molar-refractivity contribution in [1.82, 2.24) is 4.98 Å². The van der Waals surface area contributed by atoms with E-state index in [1.807, 2.05) is 0 Å². The fraction of sp³-hybridized carbons (Fsp3) is 0.769. The summed E-state index contributed by atoms with van der Waals surface area (Å²) >= 11 is 1.60. The number of ether oxygens (including phenoxy) is 2. The van der Waals surface area contributed by atoms with Gasteiger partial charge in [-0.2, -0.15) is 0 Å². The van der Waals surface area contributed by atoms with Crippen molar-refractivity contribution in [2.24, 2.45) is 0 Å². The first-order valence-electron chi connectivity index (χ1n) is 6.29. The third kappa shape index (κ3) is 3.51. The largest absolute Gasteiger partial charge is 0.390 e. The van der Waals surface area contributed by atoms with E-state index in [0.29, 0.717) is 26.2 Å². The molecule has 5 heteroatoms. The van der Waals surface area contributed by atoms with Gasteiger partial charge in [-0.3, -0.25) is 0 Å². The van der Waals surface area contributed by atoms with E-state index in [0.717, 1.165) is 10.7 Å². The summed E-state index contributed by atoms with van der Waals surface area (Å²) in [6.07, 6.45) is -0.223. The Morgan fingerprint density at radius 2 is 2.28 bits per heavy atom. The van der Waals surface area contributed by atoms with E-state index in [-0.39, 0.29) is 11.5 Å². The standard InChI is InChI=1S/C13H21NO3S/c1-13(2,3)11-8-18-12(14-11)6-9(15)10-7-16-4-5-17-10/h8-10,15H,4-7H2,1-3H3. The predicted molar refractivity (Wildman–Crippen MR) is 71.1 cm³/mol. The molecule has 18 heavy (non-hydrogen) atoms. The quantitative estimate of drug-likeness (QED) is 0.910.